The number of unbranched alkanes of at least 4 members (excludes halogenated alkanes) is 50. The number of likely N-dealkylation sites (N-methyl/N-ethyl adjacent to an activating group) is 1. The van der Waals surface area contributed by atoms with Crippen molar-refractivity contribution < 1.29 is 42.9 Å². The van der Waals surface area contributed by atoms with Gasteiger partial charge in [0.05, 0.1) is 34.4 Å². The highest BCUT2D eigenvalue weighted by atomic mass is 16.7. The summed E-state index contributed by atoms with van der Waals surface area (Å²) in [7, 11) is 5.99. The second kappa shape index (κ2) is 87.3. The van der Waals surface area contributed by atoms with Crippen LogP contribution in [-0.2, 0) is 33.3 Å². The third-order valence-electron chi connectivity index (χ3n) is 20.2. The van der Waals surface area contributed by atoms with Gasteiger partial charge in [-0.3, -0.25) is 9.59 Å². The summed E-state index contributed by atoms with van der Waals surface area (Å²) in [5.41, 5.74) is 0. The molecule has 107 heavy (non-hydrogen) atoms. The molecular formula is C98H174NO8+. The van der Waals surface area contributed by atoms with E-state index in [-0.39, 0.29) is 32.2 Å². The average molecular weight is 1490 g/mol. The van der Waals surface area contributed by atoms with E-state index < -0.39 is 24.3 Å². The van der Waals surface area contributed by atoms with Crippen molar-refractivity contribution in [3.8, 4) is 0 Å². The topological polar surface area (TPSA) is 108 Å². The SMILES string of the molecule is CC/C=C\C/C=C\C/C=C\C/C=C\C/C=C\C/C=C\C/C=C\C/C=C\C/C=C\C/C=C\CCCCCCCCCCCCC(=O)OC(COC(=O)CCCCCCCCCCCCCCCCCCCCCCCCCCCCCCCCCCCCCCCCCCC)COC(OCC[N+](C)(C)C)C(=O)O. The highest BCUT2D eigenvalue weighted by Crippen LogP contribution is 2.20. The lowest BCUT2D eigenvalue weighted by Crippen LogP contribution is -2.40. The van der Waals surface area contributed by atoms with Crippen LogP contribution in [0.2, 0.25) is 0 Å². The standard InChI is InChI=1S/C98H173NO8/c1-6-8-10-12-14-16-18-20-22-24-26-28-30-32-34-36-38-40-42-44-46-48-50-52-54-56-58-60-62-64-66-68-70-72-74-76-78-80-82-84-86-88-95(100)105-92-94(93-106-98(97(102)103)104-91-90-99(3,4)5)107-96(101)89-87-85-83-81-79-77-75-73-71-69-67-65-63-61-59-57-55-53-51-49-47-45-43-41-39-37-35-33-31-29-27-25-23-21-19-17-15-13-11-9-7-2/h9,11,15,17,21,23,27,29,33,35,39,41,45,47,51,53,57,59,63,65,94,98H,6-8,10,12-14,16,18-20,22,24-26,28,30-32,34,36-38,40,42-44,46,48-50,52,54-56,58,60-62,64,66-93H2,1-5H3/p+1/b11-9-,17-15-,23-21-,29-27-,35-33-,41-39-,47-45-,53-51-,59-57-,65-63-. The van der Waals surface area contributed by atoms with Crippen LogP contribution in [-0.4, -0.2) is 87.4 Å². The number of hydrogen-bond donors (Lipinski definition) is 1. The Morgan fingerprint density at radius 3 is 0.794 bits per heavy atom. The van der Waals surface area contributed by atoms with Gasteiger partial charge in [-0.25, -0.2) is 4.79 Å². The molecule has 0 aromatic rings. The maximum Gasteiger partial charge on any atom is 0.361 e. The maximum atomic E-state index is 13.0. The third-order valence-corrected chi connectivity index (χ3v) is 20.2. The van der Waals surface area contributed by atoms with E-state index in [4.69, 9.17) is 18.9 Å². The number of carbonyl (C=O) groups is 3. The predicted molar refractivity (Wildman–Crippen MR) is 465 cm³/mol. The summed E-state index contributed by atoms with van der Waals surface area (Å²) in [6.45, 7) is 4.81. The predicted octanol–water partition coefficient (Wildman–Crippen LogP) is 30.2. The molecule has 0 amide bonds. The molecule has 2 atom stereocenters. The summed E-state index contributed by atoms with van der Waals surface area (Å²) in [5, 5.41) is 9.80. The number of rotatable bonds is 85. The molecule has 2 unspecified atom stereocenters. The summed E-state index contributed by atoms with van der Waals surface area (Å²) in [6, 6.07) is 0. The second-order valence-electron chi connectivity index (χ2n) is 31.9. The Kier molecular flexibility index (Phi) is 83.8. The van der Waals surface area contributed by atoms with E-state index in [9.17, 15) is 19.5 Å². The first kappa shape index (κ1) is 103. The van der Waals surface area contributed by atoms with Crippen LogP contribution in [0.5, 0.6) is 0 Å². The highest BCUT2D eigenvalue weighted by Gasteiger charge is 2.25. The van der Waals surface area contributed by atoms with Gasteiger partial charge in [0.2, 0.25) is 0 Å². The van der Waals surface area contributed by atoms with E-state index >= 15 is 0 Å². The Morgan fingerprint density at radius 2 is 0.533 bits per heavy atom. The van der Waals surface area contributed by atoms with Gasteiger partial charge in [-0.1, -0.05) is 444 Å². The monoisotopic (exact) mass is 1490 g/mol. The van der Waals surface area contributed by atoms with Crippen molar-refractivity contribution in [2.24, 2.45) is 0 Å². The molecule has 0 saturated carbocycles. The summed E-state index contributed by atoms with van der Waals surface area (Å²) in [4.78, 5) is 37.8. The van der Waals surface area contributed by atoms with Gasteiger partial charge in [0.1, 0.15) is 13.2 Å². The number of esters is 2. The molecule has 0 aromatic heterocycles. The van der Waals surface area contributed by atoms with Gasteiger partial charge in [-0.2, -0.15) is 0 Å². The van der Waals surface area contributed by atoms with Crippen molar-refractivity contribution in [2.45, 2.75) is 437 Å². The largest absolute Gasteiger partial charge is 0.477 e. The first-order valence-electron chi connectivity index (χ1n) is 45.7. The van der Waals surface area contributed by atoms with Crippen LogP contribution in [0, 0.1) is 0 Å². The zero-order valence-electron chi connectivity index (χ0n) is 71.0. The number of carbonyl (C=O) groups excluding carboxylic acids is 2. The fraction of sp³-hybridized carbons (Fsp3) is 0.765. The van der Waals surface area contributed by atoms with Crippen molar-refractivity contribution >= 4 is 17.9 Å². The molecule has 0 aliphatic carbocycles. The van der Waals surface area contributed by atoms with Crippen LogP contribution in [0.25, 0.3) is 0 Å². The Hall–Kier alpha value is -4.31. The quantitative estimate of drug-likeness (QED) is 0.0211. The van der Waals surface area contributed by atoms with E-state index in [1.54, 1.807) is 0 Å². The molecule has 0 fully saturated rings. The molecule has 1 N–H and O–H groups in total. The van der Waals surface area contributed by atoms with Crippen molar-refractivity contribution in [1.82, 2.24) is 0 Å². The van der Waals surface area contributed by atoms with Crippen LogP contribution >= 0.6 is 0 Å². The molecule has 0 saturated heterocycles. The average Bonchev–Trinajstić information content (AvgIpc) is 0.965. The lowest BCUT2D eigenvalue weighted by Gasteiger charge is -2.25. The normalized spacial score (nSPS) is 13.2. The lowest BCUT2D eigenvalue weighted by atomic mass is 10.0. The lowest BCUT2D eigenvalue weighted by molar-refractivity contribution is -0.870. The van der Waals surface area contributed by atoms with Gasteiger partial charge in [-0.15, -0.1) is 0 Å². The van der Waals surface area contributed by atoms with Crippen LogP contribution in [0.3, 0.4) is 0 Å². The Morgan fingerprint density at radius 1 is 0.290 bits per heavy atom. The fourth-order valence-electron chi connectivity index (χ4n) is 13.3. The van der Waals surface area contributed by atoms with Crippen LogP contribution in [0.15, 0.2) is 122 Å². The molecule has 0 bridgehead atoms. The van der Waals surface area contributed by atoms with E-state index in [2.05, 4.69) is 135 Å². The Bertz CT molecular complexity index is 2190. The van der Waals surface area contributed by atoms with E-state index in [0.29, 0.717) is 23.9 Å². The fourth-order valence-corrected chi connectivity index (χ4v) is 13.3. The number of nitrogens with zero attached hydrogens (tertiary/aromatic N) is 1. The molecule has 9 nitrogen and oxygen atoms in total. The smallest absolute Gasteiger partial charge is 0.361 e. The van der Waals surface area contributed by atoms with E-state index in [1.807, 2.05) is 21.1 Å². The molecule has 9 heteroatoms. The number of quaternary nitrogens is 1. The number of aliphatic carboxylic acids is 1. The molecule has 0 rings (SSSR count). The van der Waals surface area contributed by atoms with E-state index in [0.717, 1.165) is 109 Å². The molecule has 0 aromatic carbocycles. The number of hydrogen-bond acceptors (Lipinski definition) is 7. The molecule has 0 aliphatic rings. The van der Waals surface area contributed by atoms with Gasteiger partial charge >= 0.3 is 17.9 Å². The van der Waals surface area contributed by atoms with Crippen molar-refractivity contribution in [1.29, 1.82) is 0 Å². The number of allylic oxidation sites excluding steroid dienone is 20. The van der Waals surface area contributed by atoms with Crippen molar-refractivity contribution in [3.05, 3.63) is 122 Å². The third kappa shape index (κ3) is 88.8. The summed E-state index contributed by atoms with van der Waals surface area (Å²) < 4.78 is 23.1. The van der Waals surface area contributed by atoms with Gasteiger partial charge < -0.3 is 28.5 Å². The summed E-state index contributed by atoms with van der Waals surface area (Å²) in [6.07, 6.45) is 123. The zero-order chi connectivity index (χ0) is 77.4. The van der Waals surface area contributed by atoms with Gasteiger partial charge in [0.15, 0.2) is 6.10 Å². The van der Waals surface area contributed by atoms with Gasteiger partial charge in [-0.05, 0) is 89.9 Å². The zero-order valence-corrected chi connectivity index (χ0v) is 71.0. The molecule has 0 heterocycles. The van der Waals surface area contributed by atoms with Crippen LogP contribution < -0.4 is 0 Å². The molecule has 618 valence electrons. The van der Waals surface area contributed by atoms with Crippen molar-refractivity contribution in [3.63, 3.8) is 0 Å². The second-order valence-corrected chi connectivity index (χ2v) is 31.9. The van der Waals surface area contributed by atoms with Gasteiger partial charge in [0, 0.05) is 12.8 Å². The minimum atomic E-state index is -1.52. The van der Waals surface area contributed by atoms with Crippen LogP contribution in [0.1, 0.15) is 425 Å². The van der Waals surface area contributed by atoms with E-state index in [1.165, 1.54) is 283 Å². The number of carboxylic acids is 1. The molecule has 0 aliphatic heterocycles. The first-order valence-corrected chi connectivity index (χ1v) is 45.7. The molecular weight excluding hydrogens is 1320 g/mol. The van der Waals surface area contributed by atoms with Gasteiger partial charge in [0.25, 0.3) is 6.29 Å². The minimum absolute atomic E-state index is 0.184. The maximum absolute atomic E-state index is 13.0. The molecule has 0 spiro atoms. The first-order chi connectivity index (χ1) is 52.6. The molecule has 0 radical (unpaired) electrons. The minimum Gasteiger partial charge on any atom is -0.477 e. The summed E-state index contributed by atoms with van der Waals surface area (Å²) in [5.74, 6) is -2.00. The van der Waals surface area contributed by atoms with Crippen molar-refractivity contribution in [2.75, 3.05) is 47.5 Å². The Labute approximate surface area is 663 Å². The Balaban J connectivity index is 3.97. The van der Waals surface area contributed by atoms with Crippen LogP contribution in [0.4, 0.5) is 0 Å². The highest BCUT2D eigenvalue weighted by molar-refractivity contribution is 5.71. The number of ether oxygens (including phenoxy) is 4. The summed E-state index contributed by atoms with van der Waals surface area (Å²) >= 11 is 0. The number of carboxylic acid groups (broad SMARTS) is 1.